The van der Waals surface area contributed by atoms with Gasteiger partial charge in [0.1, 0.15) is 0 Å². The Kier molecular flexibility index (Phi) is 6.59. The number of amides is 1. The Morgan fingerprint density at radius 1 is 1.09 bits per heavy atom. The molecule has 0 bridgehead atoms. The summed E-state index contributed by atoms with van der Waals surface area (Å²) in [5.74, 6) is 1.29. The van der Waals surface area contributed by atoms with Crippen molar-refractivity contribution in [3.05, 3.63) is 46.0 Å². The van der Waals surface area contributed by atoms with E-state index in [9.17, 15) is 4.79 Å². The van der Waals surface area contributed by atoms with Gasteiger partial charge in [-0.15, -0.1) is 11.8 Å². The summed E-state index contributed by atoms with van der Waals surface area (Å²) in [6.45, 7) is 1.88. The summed E-state index contributed by atoms with van der Waals surface area (Å²) in [5, 5.41) is 2.69. The summed E-state index contributed by atoms with van der Waals surface area (Å²) >= 11 is 3.71. The number of benzene rings is 2. The molecule has 6 heteroatoms. The summed E-state index contributed by atoms with van der Waals surface area (Å²) in [6, 6.07) is 13.3. The summed E-state index contributed by atoms with van der Waals surface area (Å²) in [5.41, 5.74) is 0.801. The van der Waals surface area contributed by atoms with Crippen molar-refractivity contribution < 1.29 is 14.3 Å². The smallest absolute Gasteiger partial charge is 0.237 e. The van der Waals surface area contributed by atoms with Gasteiger partial charge in [-0.25, -0.2) is 0 Å². The number of anilines is 1. The predicted octanol–water partition coefficient (Wildman–Crippen LogP) is 4.43. The zero-order valence-corrected chi connectivity index (χ0v) is 16.1. The third-order valence-corrected chi connectivity index (χ3v) is 4.96. The first-order chi connectivity index (χ1) is 11.0. The van der Waals surface area contributed by atoms with E-state index in [0.717, 1.165) is 14.2 Å². The van der Waals surface area contributed by atoms with E-state index in [0.29, 0.717) is 11.5 Å². The zero-order chi connectivity index (χ0) is 16.8. The van der Waals surface area contributed by atoms with Crippen molar-refractivity contribution in [1.29, 1.82) is 0 Å². The van der Waals surface area contributed by atoms with Crippen LogP contribution >= 0.6 is 34.4 Å². The Balaban J connectivity index is 2.01. The van der Waals surface area contributed by atoms with Crippen LogP contribution in [0.4, 0.5) is 5.69 Å². The SMILES string of the molecule is COc1ccc(S[C@H](C)C(=O)Nc2ccc(I)cc2)cc1OC. The molecule has 0 aliphatic rings. The first-order valence-corrected chi connectivity index (χ1v) is 8.94. The number of carbonyl (C=O) groups excluding carboxylic acids is 1. The lowest BCUT2D eigenvalue weighted by Crippen LogP contribution is -2.22. The van der Waals surface area contributed by atoms with Gasteiger partial charge in [-0.3, -0.25) is 4.79 Å². The van der Waals surface area contributed by atoms with Crippen molar-refractivity contribution in [2.45, 2.75) is 17.1 Å². The van der Waals surface area contributed by atoms with Gasteiger partial charge in [0.25, 0.3) is 0 Å². The number of rotatable bonds is 6. The Hall–Kier alpha value is -1.41. The maximum atomic E-state index is 12.3. The highest BCUT2D eigenvalue weighted by Crippen LogP contribution is 2.33. The Bertz CT molecular complexity index is 676. The standard InChI is InChI=1S/C17H18INO3S/c1-11(17(20)19-13-6-4-12(18)5-7-13)23-14-8-9-15(21-2)16(10-14)22-3/h4-11H,1-3H3,(H,19,20)/t11-/m1/s1. The van der Waals surface area contributed by atoms with Crippen LogP contribution in [0.25, 0.3) is 0 Å². The minimum absolute atomic E-state index is 0.0361. The number of thioether (sulfide) groups is 1. The van der Waals surface area contributed by atoms with Crippen LogP contribution in [0.3, 0.4) is 0 Å². The lowest BCUT2D eigenvalue weighted by atomic mass is 10.3. The maximum Gasteiger partial charge on any atom is 0.237 e. The fourth-order valence-electron chi connectivity index (χ4n) is 1.92. The molecule has 122 valence electrons. The third-order valence-electron chi connectivity index (χ3n) is 3.15. The van der Waals surface area contributed by atoms with Crippen molar-refractivity contribution in [3.8, 4) is 11.5 Å². The second kappa shape index (κ2) is 8.44. The molecule has 1 N–H and O–H groups in total. The van der Waals surface area contributed by atoms with E-state index in [1.807, 2.05) is 49.4 Å². The average Bonchev–Trinajstić information content (AvgIpc) is 2.56. The fourth-order valence-corrected chi connectivity index (χ4v) is 3.18. The van der Waals surface area contributed by atoms with Crippen molar-refractivity contribution in [2.24, 2.45) is 0 Å². The molecular weight excluding hydrogens is 425 g/mol. The van der Waals surface area contributed by atoms with Gasteiger partial charge in [0.15, 0.2) is 11.5 Å². The molecule has 1 amide bonds. The van der Waals surface area contributed by atoms with Gasteiger partial charge in [0, 0.05) is 14.2 Å². The molecule has 4 nitrogen and oxygen atoms in total. The van der Waals surface area contributed by atoms with Gasteiger partial charge in [0.2, 0.25) is 5.91 Å². The monoisotopic (exact) mass is 443 g/mol. The summed E-state index contributed by atoms with van der Waals surface area (Å²) in [7, 11) is 3.20. The molecule has 2 rings (SSSR count). The van der Waals surface area contributed by atoms with Gasteiger partial charge in [-0.1, -0.05) is 0 Å². The van der Waals surface area contributed by atoms with Crippen LogP contribution in [-0.2, 0) is 4.79 Å². The number of methoxy groups -OCH3 is 2. The minimum Gasteiger partial charge on any atom is -0.493 e. The van der Waals surface area contributed by atoms with Gasteiger partial charge in [-0.05, 0) is 72.0 Å². The van der Waals surface area contributed by atoms with Gasteiger partial charge in [-0.2, -0.15) is 0 Å². The molecule has 0 aromatic heterocycles. The molecule has 0 fully saturated rings. The summed E-state index contributed by atoms with van der Waals surface area (Å²) in [4.78, 5) is 13.2. The molecule has 0 unspecified atom stereocenters. The summed E-state index contributed by atoms with van der Waals surface area (Å²) < 4.78 is 11.6. The second-order valence-corrected chi connectivity index (χ2v) is 7.43. The molecule has 2 aromatic rings. The zero-order valence-electron chi connectivity index (χ0n) is 13.1. The number of nitrogens with one attached hydrogen (secondary N) is 1. The van der Waals surface area contributed by atoms with Gasteiger partial charge >= 0.3 is 0 Å². The molecule has 0 saturated carbocycles. The van der Waals surface area contributed by atoms with E-state index >= 15 is 0 Å². The lowest BCUT2D eigenvalue weighted by Gasteiger charge is -2.14. The van der Waals surface area contributed by atoms with Crippen LogP contribution in [0.1, 0.15) is 6.92 Å². The van der Waals surface area contributed by atoms with E-state index in [2.05, 4.69) is 27.9 Å². The van der Waals surface area contributed by atoms with E-state index in [1.165, 1.54) is 11.8 Å². The highest BCUT2D eigenvalue weighted by Gasteiger charge is 2.16. The molecule has 2 aromatic carbocycles. The highest BCUT2D eigenvalue weighted by atomic mass is 127. The second-order valence-electron chi connectivity index (χ2n) is 4.77. The molecule has 23 heavy (non-hydrogen) atoms. The molecule has 0 saturated heterocycles. The van der Waals surface area contributed by atoms with Gasteiger partial charge in [0.05, 0.1) is 19.5 Å². The largest absolute Gasteiger partial charge is 0.493 e. The molecule has 0 radical (unpaired) electrons. The molecule has 1 atom stereocenters. The first-order valence-electron chi connectivity index (χ1n) is 6.98. The molecular formula is C17H18INO3S. The van der Waals surface area contributed by atoms with Crippen LogP contribution in [0, 0.1) is 3.57 Å². The number of ether oxygens (including phenoxy) is 2. The minimum atomic E-state index is -0.229. The average molecular weight is 443 g/mol. The Morgan fingerprint density at radius 3 is 2.35 bits per heavy atom. The number of halogens is 1. The van der Waals surface area contributed by atoms with Crippen molar-refractivity contribution >= 4 is 45.9 Å². The molecule has 0 aliphatic carbocycles. The van der Waals surface area contributed by atoms with Crippen LogP contribution in [0.15, 0.2) is 47.4 Å². The predicted molar refractivity (Wildman–Crippen MR) is 103 cm³/mol. The molecule has 0 heterocycles. The first kappa shape index (κ1) is 17.9. The fraction of sp³-hybridized carbons (Fsp3) is 0.235. The quantitative estimate of drug-likeness (QED) is 0.530. The number of carbonyl (C=O) groups is 1. The number of hydrogen-bond donors (Lipinski definition) is 1. The third kappa shape index (κ3) is 5.04. The van der Waals surface area contributed by atoms with Crippen LogP contribution in [0.5, 0.6) is 11.5 Å². The maximum absolute atomic E-state index is 12.3. The van der Waals surface area contributed by atoms with Crippen LogP contribution in [-0.4, -0.2) is 25.4 Å². The lowest BCUT2D eigenvalue weighted by molar-refractivity contribution is -0.115. The van der Waals surface area contributed by atoms with E-state index in [4.69, 9.17) is 9.47 Å². The van der Waals surface area contributed by atoms with E-state index < -0.39 is 0 Å². The topological polar surface area (TPSA) is 47.6 Å². The van der Waals surface area contributed by atoms with Crippen molar-refractivity contribution in [3.63, 3.8) is 0 Å². The normalized spacial score (nSPS) is 11.7. The molecule has 0 aliphatic heterocycles. The van der Waals surface area contributed by atoms with Crippen molar-refractivity contribution in [1.82, 2.24) is 0 Å². The van der Waals surface area contributed by atoms with Crippen LogP contribution < -0.4 is 14.8 Å². The Labute approximate surface area is 154 Å². The van der Waals surface area contributed by atoms with Crippen molar-refractivity contribution in [2.75, 3.05) is 19.5 Å². The van der Waals surface area contributed by atoms with Crippen LogP contribution in [0.2, 0.25) is 0 Å². The Morgan fingerprint density at radius 2 is 1.74 bits per heavy atom. The van der Waals surface area contributed by atoms with E-state index in [-0.39, 0.29) is 11.2 Å². The molecule has 0 spiro atoms. The summed E-state index contributed by atoms with van der Waals surface area (Å²) in [6.07, 6.45) is 0. The van der Waals surface area contributed by atoms with Gasteiger partial charge < -0.3 is 14.8 Å². The highest BCUT2D eigenvalue weighted by molar-refractivity contribution is 14.1. The number of hydrogen-bond acceptors (Lipinski definition) is 4. The van der Waals surface area contributed by atoms with E-state index in [1.54, 1.807) is 14.2 Å².